The Morgan fingerprint density at radius 3 is 2.75 bits per heavy atom. The van der Waals surface area contributed by atoms with E-state index in [0.29, 0.717) is 16.7 Å². The van der Waals surface area contributed by atoms with E-state index in [4.69, 9.17) is 16.3 Å². The van der Waals surface area contributed by atoms with Crippen molar-refractivity contribution in [2.75, 3.05) is 0 Å². The van der Waals surface area contributed by atoms with Crippen molar-refractivity contribution in [2.45, 2.75) is 6.92 Å². The van der Waals surface area contributed by atoms with Crippen molar-refractivity contribution in [1.82, 2.24) is 0 Å². The molecule has 1 aromatic carbocycles. The van der Waals surface area contributed by atoms with Gasteiger partial charge in [0.15, 0.2) is 0 Å². The second-order valence-electron chi connectivity index (χ2n) is 3.17. The molecule has 3 nitrogen and oxygen atoms in total. The van der Waals surface area contributed by atoms with Crippen LogP contribution < -0.4 is 4.74 Å². The maximum Gasteiger partial charge on any atom is 0.308 e. The number of esters is 1. The van der Waals surface area contributed by atoms with Gasteiger partial charge in [0.2, 0.25) is 0 Å². The van der Waals surface area contributed by atoms with Crippen LogP contribution in [0.1, 0.15) is 17.3 Å². The molecule has 16 heavy (non-hydrogen) atoms. The molecular formula is C11H7ClO3S. The zero-order chi connectivity index (χ0) is 11.7. The zero-order valence-corrected chi connectivity index (χ0v) is 9.89. The van der Waals surface area contributed by atoms with Gasteiger partial charge in [-0.2, -0.15) is 0 Å². The summed E-state index contributed by atoms with van der Waals surface area (Å²) in [7, 11) is 0. The summed E-state index contributed by atoms with van der Waals surface area (Å²) in [6, 6.07) is 5.12. The van der Waals surface area contributed by atoms with Gasteiger partial charge in [-0.05, 0) is 29.8 Å². The molecule has 0 fully saturated rings. The minimum atomic E-state index is -0.508. The second kappa shape index (κ2) is 4.23. The van der Waals surface area contributed by atoms with Crippen LogP contribution in [-0.2, 0) is 4.79 Å². The topological polar surface area (TPSA) is 43.4 Å². The summed E-state index contributed by atoms with van der Waals surface area (Å²) in [5.74, 6) is 0.0193. The maximum absolute atomic E-state index is 11.1. The van der Waals surface area contributed by atoms with Gasteiger partial charge in [0.1, 0.15) is 5.75 Å². The molecule has 0 saturated heterocycles. The van der Waals surface area contributed by atoms with Gasteiger partial charge in [-0.15, -0.1) is 11.3 Å². The molecule has 0 radical (unpaired) electrons. The Labute approximate surface area is 101 Å². The summed E-state index contributed by atoms with van der Waals surface area (Å²) in [5, 5.41) is 1.90. The van der Waals surface area contributed by atoms with Crippen LogP contribution in [0.3, 0.4) is 0 Å². The molecule has 0 atom stereocenters. The van der Waals surface area contributed by atoms with E-state index in [2.05, 4.69) is 0 Å². The van der Waals surface area contributed by atoms with Crippen molar-refractivity contribution in [3.63, 3.8) is 0 Å². The fourth-order valence-electron chi connectivity index (χ4n) is 1.39. The average molecular weight is 255 g/mol. The number of halogens is 1. The first-order valence-electron chi connectivity index (χ1n) is 4.47. The van der Waals surface area contributed by atoms with E-state index < -0.39 is 11.2 Å². The van der Waals surface area contributed by atoms with Crippen molar-refractivity contribution < 1.29 is 14.3 Å². The Kier molecular flexibility index (Phi) is 2.94. The monoisotopic (exact) mass is 254 g/mol. The van der Waals surface area contributed by atoms with Crippen molar-refractivity contribution in [3.8, 4) is 5.75 Å². The molecule has 0 aliphatic heterocycles. The Bertz CT molecular complexity index is 574. The normalized spacial score (nSPS) is 10.4. The van der Waals surface area contributed by atoms with Crippen LogP contribution >= 0.6 is 22.9 Å². The molecular weight excluding hydrogens is 248 g/mol. The predicted molar refractivity (Wildman–Crippen MR) is 63.3 cm³/mol. The van der Waals surface area contributed by atoms with Gasteiger partial charge in [0, 0.05) is 22.4 Å². The third-order valence-electron chi connectivity index (χ3n) is 2.02. The van der Waals surface area contributed by atoms with Crippen molar-refractivity contribution in [1.29, 1.82) is 0 Å². The molecule has 0 bridgehead atoms. The van der Waals surface area contributed by atoms with Gasteiger partial charge >= 0.3 is 5.97 Å². The standard InChI is InChI=1S/C11H7ClO3S/c1-6(13)15-7-2-3-10-8(4-7)9(5-16-10)11(12)14/h2-5H,1H3. The number of fused-ring (bicyclic) bond motifs is 1. The molecule has 0 N–H and O–H groups in total. The van der Waals surface area contributed by atoms with Gasteiger partial charge in [-0.3, -0.25) is 9.59 Å². The average Bonchev–Trinajstić information content (AvgIpc) is 2.59. The second-order valence-corrected chi connectivity index (χ2v) is 4.43. The maximum atomic E-state index is 11.1. The van der Waals surface area contributed by atoms with E-state index in [-0.39, 0.29) is 0 Å². The van der Waals surface area contributed by atoms with E-state index in [9.17, 15) is 9.59 Å². The molecule has 2 aromatic rings. The van der Waals surface area contributed by atoms with Crippen molar-refractivity contribution >= 4 is 44.2 Å². The van der Waals surface area contributed by atoms with Crippen LogP contribution in [-0.4, -0.2) is 11.2 Å². The van der Waals surface area contributed by atoms with E-state index in [0.717, 1.165) is 4.70 Å². The molecule has 0 spiro atoms. The van der Waals surface area contributed by atoms with Gasteiger partial charge in [0.25, 0.3) is 5.24 Å². The number of rotatable bonds is 2. The van der Waals surface area contributed by atoms with Crippen LogP contribution in [0.2, 0.25) is 0 Å². The Morgan fingerprint density at radius 2 is 2.12 bits per heavy atom. The highest BCUT2D eigenvalue weighted by atomic mass is 35.5. The number of carbonyl (C=O) groups is 2. The van der Waals surface area contributed by atoms with Crippen LogP contribution in [0.5, 0.6) is 5.75 Å². The predicted octanol–water partition coefficient (Wildman–Crippen LogP) is 3.21. The number of hydrogen-bond donors (Lipinski definition) is 0. The van der Waals surface area contributed by atoms with Crippen LogP contribution in [0.25, 0.3) is 10.1 Å². The summed E-state index contributed by atoms with van der Waals surface area (Å²) < 4.78 is 5.87. The van der Waals surface area contributed by atoms with E-state index in [1.165, 1.54) is 18.3 Å². The minimum Gasteiger partial charge on any atom is -0.427 e. The number of hydrogen-bond acceptors (Lipinski definition) is 4. The fourth-order valence-corrected chi connectivity index (χ4v) is 2.53. The van der Waals surface area contributed by atoms with Gasteiger partial charge < -0.3 is 4.74 Å². The molecule has 5 heteroatoms. The minimum absolute atomic E-state index is 0.395. The van der Waals surface area contributed by atoms with Gasteiger partial charge in [-0.25, -0.2) is 0 Å². The zero-order valence-electron chi connectivity index (χ0n) is 8.32. The Hall–Kier alpha value is -1.39. The summed E-state index contributed by atoms with van der Waals surface area (Å²) >= 11 is 6.87. The third-order valence-corrected chi connectivity index (χ3v) is 3.19. The molecule has 82 valence electrons. The SMILES string of the molecule is CC(=O)Oc1ccc2scc(C(=O)Cl)c2c1. The molecule has 0 aliphatic rings. The van der Waals surface area contributed by atoms with Crippen LogP contribution in [0.4, 0.5) is 0 Å². The quantitative estimate of drug-likeness (QED) is 0.470. The lowest BCUT2D eigenvalue weighted by atomic mass is 10.2. The first-order valence-corrected chi connectivity index (χ1v) is 5.73. The van der Waals surface area contributed by atoms with Crippen molar-refractivity contribution in [2.24, 2.45) is 0 Å². The Balaban J connectivity index is 2.54. The lowest BCUT2D eigenvalue weighted by Gasteiger charge is -2.01. The lowest BCUT2D eigenvalue weighted by molar-refractivity contribution is -0.131. The van der Waals surface area contributed by atoms with E-state index in [1.54, 1.807) is 23.6 Å². The molecule has 0 amide bonds. The van der Waals surface area contributed by atoms with Crippen molar-refractivity contribution in [3.05, 3.63) is 29.1 Å². The molecule has 0 aliphatic carbocycles. The van der Waals surface area contributed by atoms with E-state index in [1.807, 2.05) is 0 Å². The molecule has 0 unspecified atom stereocenters. The van der Waals surface area contributed by atoms with Gasteiger partial charge in [-0.1, -0.05) is 0 Å². The summed E-state index contributed by atoms with van der Waals surface area (Å²) in [4.78, 5) is 21.9. The number of carbonyl (C=O) groups excluding carboxylic acids is 2. The highest BCUT2D eigenvalue weighted by Gasteiger charge is 2.11. The van der Waals surface area contributed by atoms with Crippen LogP contribution in [0, 0.1) is 0 Å². The lowest BCUT2D eigenvalue weighted by Crippen LogP contribution is -2.00. The van der Waals surface area contributed by atoms with Gasteiger partial charge in [0.05, 0.1) is 5.56 Å². The molecule has 2 rings (SSSR count). The summed E-state index contributed by atoms with van der Waals surface area (Å²) in [6.45, 7) is 1.32. The first-order chi connectivity index (χ1) is 7.58. The first kappa shape index (κ1) is 11.1. The highest BCUT2D eigenvalue weighted by molar-refractivity contribution is 7.17. The molecule has 1 heterocycles. The van der Waals surface area contributed by atoms with E-state index >= 15 is 0 Å². The number of thiophene rings is 1. The fraction of sp³-hybridized carbons (Fsp3) is 0.0909. The van der Waals surface area contributed by atoms with Crippen LogP contribution in [0.15, 0.2) is 23.6 Å². The number of ether oxygens (including phenoxy) is 1. The summed E-state index contributed by atoms with van der Waals surface area (Å²) in [6.07, 6.45) is 0. The number of benzene rings is 1. The smallest absolute Gasteiger partial charge is 0.308 e. The summed E-state index contributed by atoms with van der Waals surface area (Å²) in [5.41, 5.74) is 0.440. The largest absolute Gasteiger partial charge is 0.427 e. The Morgan fingerprint density at radius 1 is 1.38 bits per heavy atom. The molecule has 1 aromatic heterocycles. The third kappa shape index (κ3) is 2.08. The highest BCUT2D eigenvalue weighted by Crippen LogP contribution is 2.30. The molecule has 0 saturated carbocycles.